The highest BCUT2D eigenvalue weighted by Crippen LogP contribution is 2.19. The Morgan fingerprint density at radius 1 is 1.25 bits per heavy atom. The van der Waals surface area contributed by atoms with Gasteiger partial charge in [0.2, 0.25) is 0 Å². The summed E-state index contributed by atoms with van der Waals surface area (Å²) in [6.07, 6.45) is 1.65. The minimum Gasteiger partial charge on any atom is -0.388 e. The minimum atomic E-state index is -0.545. The summed E-state index contributed by atoms with van der Waals surface area (Å²) < 4.78 is 0. The van der Waals surface area contributed by atoms with Crippen LogP contribution < -0.4 is 10.6 Å². The van der Waals surface area contributed by atoms with Gasteiger partial charge in [0.05, 0.1) is 5.60 Å². The number of nitrogens with one attached hydrogen (secondary N) is 2. The van der Waals surface area contributed by atoms with Gasteiger partial charge in [0.25, 0.3) is 0 Å². The van der Waals surface area contributed by atoms with Crippen LogP contribution in [0.1, 0.15) is 18.4 Å². The van der Waals surface area contributed by atoms with Crippen molar-refractivity contribution in [1.82, 2.24) is 5.32 Å². The summed E-state index contributed by atoms with van der Waals surface area (Å²) in [7, 11) is 0. The fraction of sp³-hybridized carbons (Fsp3) is 0.538. The van der Waals surface area contributed by atoms with Crippen molar-refractivity contribution in [3.05, 3.63) is 29.8 Å². The number of rotatable bonds is 3. The summed E-state index contributed by atoms with van der Waals surface area (Å²) in [6.45, 7) is 4.53. The van der Waals surface area contributed by atoms with Crippen molar-refractivity contribution in [2.75, 3.05) is 25.0 Å². The molecule has 0 bridgehead atoms. The van der Waals surface area contributed by atoms with E-state index < -0.39 is 5.60 Å². The van der Waals surface area contributed by atoms with Gasteiger partial charge in [0, 0.05) is 12.2 Å². The second kappa shape index (κ2) is 4.85. The zero-order valence-corrected chi connectivity index (χ0v) is 9.79. The Balaban J connectivity index is 1.88. The van der Waals surface area contributed by atoms with Crippen LogP contribution >= 0.6 is 0 Å². The fourth-order valence-corrected chi connectivity index (χ4v) is 2.01. The van der Waals surface area contributed by atoms with Gasteiger partial charge in [-0.1, -0.05) is 17.7 Å². The summed E-state index contributed by atoms with van der Waals surface area (Å²) >= 11 is 0. The van der Waals surface area contributed by atoms with Crippen LogP contribution in [0.4, 0.5) is 5.69 Å². The van der Waals surface area contributed by atoms with Crippen LogP contribution in [0.15, 0.2) is 24.3 Å². The zero-order chi connectivity index (χ0) is 11.4. The Morgan fingerprint density at radius 2 is 1.88 bits per heavy atom. The second-order valence-corrected chi connectivity index (χ2v) is 4.69. The smallest absolute Gasteiger partial charge is 0.0843 e. The maximum absolute atomic E-state index is 10.3. The normalized spacial score (nSPS) is 19.4. The van der Waals surface area contributed by atoms with E-state index in [1.807, 2.05) is 0 Å². The molecule has 1 heterocycles. The number of anilines is 1. The molecular weight excluding hydrogens is 200 g/mol. The minimum absolute atomic E-state index is 0.545. The first kappa shape index (κ1) is 11.4. The molecule has 0 aromatic heterocycles. The molecule has 88 valence electrons. The lowest BCUT2D eigenvalue weighted by atomic mass is 9.92. The summed E-state index contributed by atoms with van der Waals surface area (Å²) in [5, 5.41) is 16.8. The number of hydrogen-bond acceptors (Lipinski definition) is 3. The number of aliphatic hydroxyl groups is 1. The van der Waals surface area contributed by atoms with E-state index in [4.69, 9.17) is 0 Å². The third-order valence-corrected chi connectivity index (χ3v) is 3.21. The second-order valence-electron chi connectivity index (χ2n) is 4.69. The maximum Gasteiger partial charge on any atom is 0.0843 e. The van der Waals surface area contributed by atoms with Crippen molar-refractivity contribution >= 4 is 5.69 Å². The molecule has 1 fully saturated rings. The van der Waals surface area contributed by atoms with Crippen molar-refractivity contribution in [3.63, 3.8) is 0 Å². The van der Waals surface area contributed by atoms with Gasteiger partial charge < -0.3 is 15.7 Å². The molecule has 0 saturated carbocycles. The molecule has 3 N–H and O–H groups in total. The zero-order valence-electron chi connectivity index (χ0n) is 9.79. The predicted molar refractivity (Wildman–Crippen MR) is 66.7 cm³/mol. The number of aryl methyl sites for hydroxylation is 1. The quantitative estimate of drug-likeness (QED) is 0.723. The SMILES string of the molecule is Cc1ccc(NCC2(O)CCNCC2)cc1. The summed E-state index contributed by atoms with van der Waals surface area (Å²) in [6, 6.07) is 8.27. The third-order valence-electron chi connectivity index (χ3n) is 3.21. The van der Waals surface area contributed by atoms with E-state index in [2.05, 4.69) is 41.8 Å². The van der Waals surface area contributed by atoms with E-state index in [-0.39, 0.29) is 0 Å². The van der Waals surface area contributed by atoms with E-state index in [0.29, 0.717) is 6.54 Å². The molecule has 0 amide bonds. The van der Waals surface area contributed by atoms with Crippen LogP contribution in [0.5, 0.6) is 0 Å². The number of piperidine rings is 1. The Kier molecular flexibility index (Phi) is 3.46. The highest BCUT2D eigenvalue weighted by Gasteiger charge is 2.28. The summed E-state index contributed by atoms with van der Waals surface area (Å²) in [5.74, 6) is 0. The van der Waals surface area contributed by atoms with Gasteiger partial charge in [-0.25, -0.2) is 0 Å². The van der Waals surface area contributed by atoms with Gasteiger partial charge >= 0.3 is 0 Å². The molecule has 0 spiro atoms. The summed E-state index contributed by atoms with van der Waals surface area (Å²) in [4.78, 5) is 0. The molecule has 1 saturated heterocycles. The maximum atomic E-state index is 10.3. The van der Waals surface area contributed by atoms with E-state index in [9.17, 15) is 5.11 Å². The largest absolute Gasteiger partial charge is 0.388 e. The standard InChI is InChI=1S/C13H20N2O/c1-11-2-4-12(5-3-11)15-10-13(16)6-8-14-9-7-13/h2-5,14-16H,6-10H2,1H3. The van der Waals surface area contributed by atoms with Crippen LogP contribution in [-0.2, 0) is 0 Å². The highest BCUT2D eigenvalue weighted by atomic mass is 16.3. The first-order valence-corrected chi connectivity index (χ1v) is 5.92. The van der Waals surface area contributed by atoms with Crippen LogP contribution in [0.2, 0.25) is 0 Å². The monoisotopic (exact) mass is 220 g/mol. The third kappa shape index (κ3) is 2.97. The molecule has 0 unspecified atom stereocenters. The molecule has 3 heteroatoms. The lowest BCUT2D eigenvalue weighted by Crippen LogP contribution is -2.46. The fourth-order valence-electron chi connectivity index (χ4n) is 2.01. The topological polar surface area (TPSA) is 44.3 Å². The Labute approximate surface area is 96.9 Å². The predicted octanol–water partition coefficient (Wildman–Crippen LogP) is 1.52. The van der Waals surface area contributed by atoms with Gasteiger partial charge in [-0.05, 0) is 45.0 Å². The Morgan fingerprint density at radius 3 is 2.50 bits per heavy atom. The highest BCUT2D eigenvalue weighted by molar-refractivity contribution is 5.44. The van der Waals surface area contributed by atoms with Gasteiger partial charge in [0.1, 0.15) is 0 Å². The van der Waals surface area contributed by atoms with E-state index >= 15 is 0 Å². The van der Waals surface area contributed by atoms with Crippen LogP contribution in [0, 0.1) is 6.92 Å². The molecule has 1 aromatic rings. The van der Waals surface area contributed by atoms with Gasteiger partial charge in [-0.3, -0.25) is 0 Å². The van der Waals surface area contributed by atoms with Crippen molar-refractivity contribution in [3.8, 4) is 0 Å². The van der Waals surface area contributed by atoms with Crippen molar-refractivity contribution in [2.45, 2.75) is 25.4 Å². The summed E-state index contributed by atoms with van der Waals surface area (Å²) in [5.41, 5.74) is 1.79. The van der Waals surface area contributed by atoms with Crippen molar-refractivity contribution in [1.29, 1.82) is 0 Å². The van der Waals surface area contributed by atoms with Crippen molar-refractivity contribution in [2.24, 2.45) is 0 Å². The first-order valence-electron chi connectivity index (χ1n) is 5.92. The number of hydrogen-bond donors (Lipinski definition) is 3. The van der Waals surface area contributed by atoms with Gasteiger partial charge in [0.15, 0.2) is 0 Å². The Bertz CT molecular complexity index is 328. The van der Waals surface area contributed by atoms with E-state index in [0.717, 1.165) is 31.6 Å². The molecule has 0 atom stereocenters. The van der Waals surface area contributed by atoms with Crippen LogP contribution in [-0.4, -0.2) is 30.3 Å². The average Bonchev–Trinajstić information content (AvgIpc) is 2.29. The molecule has 1 aliphatic heterocycles. The first-order chi connectivity index (χ1) is 7.68. The molecule has 1 aliphatic rings. The molecular formula is C13H20N2O. The van der Waals surface area contributed by atoms with Gasteiger partial charge in [-0.2, -0.15) is 0 Å². The average molecular weight is 220 g/mol. The van der Waals surface area contributed by atoms with Crippen LogP contribution in [0.3, 0.4) is 0 Å². The van der Waals surface area contributed by atoms with Crippen molar-refractivity contribution < 1.29 is 5.11 Å². The van der Waals surface area contributed by atoms with E-state index in [1.165, 1.54) is 5.56 Å². The van der Waals surface area contributed by atoms with Crippen LogP contribution in [0.25, 0.3) is 0 Å². The molecule has 0 aliphatic carbocycles. The molecule has 3 nitrogen and oxygen atoms in total. The van der Waals surface area contributed by atoms with Gasteiger partial charge in [-0.15, -0.1) is 0 Å². The molecule has 2 rings (SSSR count). The Hall–Kier alpha value is -1.06. The lowest BCUT2D eigenvalue weighted by Gasteiger charge is -2.33. The molecule has 16 heavy (non-hydrogen) atoms. The lowest BCUT2D eigenvalue weighted by molar-refractivity contribution is 0.0232. The molecule has 1 aromatic carbocycles. The van der Waals surface area contributed by atoms with E-state index in [1.54, 1.807) is 0 Å². The number of benzene rings is 1. The molecule has 0 radical (unpaired) electrons.